The van der Waals surface area contributed by atoms with Gasteiger partial charge in [0.05, 0.1) is 25.9 Å². The van der Waals surface area contributed by atoms with E-state index in [1.807, 2.05) is 33.9 Å². The van der Waals surface area contributed by atoms with Gasteiger partial charge in [-0.25, -0.2) is 0 Å². The molecule has 0 amide bonds. The van der Waals surface area contributed by atoms with E-state index in [1.54, 1.807) is 0 Å². The third-order valence-electron chi connectivity index (χ3n) is 2.33. The highest BCUT2D eigenvalue weighted by Gasteiger charge is 2.06. The fraction of sp³-hybridized carbons (Fsp3) is 0.692. The van der Waals surface area contributed by atoms with E-state index in [0.717, 1.165) is 23.6 Å². The molecule has 0 aliphatic carbocycles. The zero-order valence-electron chi connectivity index (χ0n) is 11.2. The predicted molar refractivity (Wildman–Crippen MR) is 67.0 cm³/mol. The summed E-state index contributed by atoms with van der Waals surface area (Å²) in [6, 6.07) is 2.02. The average molecular weight is 241 g/mol. The van der Waals surface area contributed by atoms with Gasteiger partial charge in [0.1, 0.15) is 18.1 Å². The summed E-state index contributed by atoms with van der Waals surface area (Å²) >= 11 is 0. The van der Waals surface area contributed by atoms with Crippen molar-refractivity contribution in [2.45, 2.75) is 40.0 Å². The SMILES string of the molecule is CNCc1oc(COCCOC(C)C)cc1C. The first-order valence-corrected chi connectivity index (χ1v) is 6.05. The Kier molecular flexibility index (Phi) is 6.26. The molecule has 1 N–H and O–H groups in total. The van der Waals surface area contributed by atoms with Crippen molar-refractivity contribution in [1.29, 1.82) is 0 Å². The predicted octanol–water partition coefficient (Wildman–Crippen LogP) is 2.25. The van der Waals surface area contributed by atoms with Gasteiger partial charge >= 0.3 is 0 Å². The topological polar surface area (TPSA) is 43.6 Å². The third-order valence-corrected chi connectivity index (χ3v) is 2.33. The Balaban J connectivity index is 2.25. The van der Waals surface area contributed by atoms with Crippen molar-refractivity contribution in [3.05, 3.63) is 23.2 Å². The highest BCUT2D eigenvalue weighted by Crippen LogP contribution is 2.15. The molecule has 0 aromatic carbocycles. The van der Waals surface area contributed by atoms with Gasteiger partial charge in [0.25, 0.3) is 0 Å². The summed E-state index contributed by atoms with van der Waals surface area (Å²) in [4.78, 5) is 0. The van der Waals surface area contributed by atoms with Crippen LogP contribution in [-0.2, 0) is 22.6 Å². The van der Waals surface area contributed by atoms with Crippen LogP contribution in [0.1, 0.15) is 30.9 Å². The van der Waals surface area contributed by atoms with Crippen LogP contribution in [0.5, 0.6) is 0 Å². The molecular weight excluding hydrogens is 218 g/mol. The molecule has 0 spiro atoms. The fourth-order valence-electron chi connectivity index (χ4n) is 1.51. The first-order valence-electron chi connectivity index (χ1n) is 6.05. The molecule has 0 atom stereocenters. The molecular formula is C13H23NO3. The van der Waals surface area contributed by atoms with Crippen molar-refractivity contribution in [3.8, 4) is 0 Å². The first-order chi connectivity index (χ1) is 8.13. The Morgan fingerprint density at radius 2 is 2.12 bits per heavy atom. The molecule has 1 rings (SSSR count). The lowest BCUT2D eigenvalue weighted by Crippen LogP contribution is -2.09. The first kappa shape index (κ1) is 14.2. The summed E-state index contributed by atoms with van der Waals surface area (Å²) in [5.74, 6) is 1.85. The van der Waals surface area contributed by atoms with E-state index in [2.05, 4.69) is 5.32 Å². The van der Waals surface area contributed by atoms with Crippen molar-refractivity contribution >= 4 is 0 Å². The maximum absolute atomic E-state index is 5.65. The Hall–Kier alpha value is -0.840. The highest BCUT2D eigenvalue weighted by molar-refractivity contribution is 5.19. The van der Waals surface area contributed by atoms with Crippen LogP contribution >= 0.6 is 0 Å². The maximum Gasteiger partial charge on any atom is 0.130 e. The van der Waals surface area contributed by atoms with E-state index in [0.29, 0.717) is 19.8 Å². The molecule has 1 heterocycles. The number of hydrogen-bond acceptors (Lipinski definition) is 4. The van der Waals surface area contributed by atoms with E-state index in [1.165, 1.54) is 0 Å². The number of rotatable bonds is 8. The van der Waals surface area contributed by atoms with Gasteiger partial charge in [-0.2, -0.15) is 0 Å². The van der Waals surface area contributed by atoms with Crippen LogP contribution in [0, 0.1) is 6.92 Å². The molecule has 0 fully saturated rings. The number of furan rings is 1. The molecule has 0 bridgehead atoms. The van der Waals surface area contributed by atoms with Crippen LogP contribution in [0.25, 0.3) is 0 Å². The summed E-state index contributed by atoms with van der Waals surface area (Å²) in [5.41, 5.74) is 1.16. The number of ether oxygens (including phenoxy) is 2. The second-order valence-corrected chi connectivity index (χ2v) is 4.32. The normalized spacial score (nSPS) is 11.4. The molecule has 98 valence electrons. The van der Waals surface area contributed by atoms with Crippen LogP contribution in [0.15, 0.2) is 10.5 Å². The van der Waals surface area contributed by atoms with Crippen LogP contribution in [0.3, 0.4) is 0 Å². The second kappa shape index (κ2) is 7.48. The molecule has 0 saturated heterocycles. The zero-order valence-corrected chi connectivity index (χ0v) is 11.2. The van der Waals surface area contributed by atoms with Gasteiger partial charge in [0.2, 0.25) is 0 Å². The lowest BCUT2D eigenvalue weighted by molar-refractivity contribution is 0.0101. The minimum absolute atomic E-state index is 0.256. The molecule has 0 unspecified atom stereocenters. The highest BCUT2D eigenvalue weighted by atomic mass is 16.5. The molecule has 1 aromatic rings. The van der Waals surface area contributed by atoms with E-state index >= 15 is 0 Å². The monoisotopic (exact) mass is 241 g/mol. The standard InChI is InChI=1S/C13H23NO3/c1-10(2)16-6-5-15-9-12-7-11(3)13(17-12)8-14-4/h7,10,14H,5-6,8-9H2,1-4H3. The van der Waals surface area contributed by atoms with E-state index < -0.39 is 0 Å². The minimum atomic E-state index is 0.256. The van der Waals surface area contributed by atoms with Crippen LogP contribution < -0.4 is 5.32 Å². The fourth-order valence-corrected chi connectivity index (χ4v) is 1.51. The summed E-state index contributed by atoms with van der Waals surface area (Å²) in [6.45, 7) is 8.55. The maximum atomic E-state index is 5.65. The molecule has 0 saturated carbocycles. The third kappa shape index (κ3) is 5.35. The van der Waals surface area contributed by atoms with Crippen molar-refractivity contribution in [2.24, 2.45) is 0 Å². The van der Waals surface area contributed by atoms with Gasteiger partial charge in [-0.1, -0.05) is 0 Å². The van der Waals surface area contributed by atoms with Crippen LogP contribution in [0.2, 0.25) is 0 Å². The Morgan fingerprint density at radius 3 is 2.76 bits per heavy atom. The molecule has 0 aliphatic rings. The van der Waals surface area contributed by atoms with Crippen LogP contribution in [0.4, 0.5) is 0 Å². The Morgan fingerprint density at radius 1 is 1.35 bits per heavy atom. The van der Waals surface area contributed by atoms with E-state index in [-0.39, 0.29) is 6.10 Å². The largest absolute Gasteiger partial charge is 0.462 e. The Bertz CT molecular complexity index is 320. The van der Waals surface area contributed by atoms with Crippen molar-refractivity contribution in [1.82, 2.24) is 5.32 Å². The lowest BCUT2D eigenvalue weighted by atomic mass is 10.2. The van der Waals surface area contributed by atoms with Gasteiger partial charge in [0.15, 0.2) is 0 Å². The quantitative estimate of drug-likeness (QED) is 0.709. The van der Waals surface area contributed by atoms with Crippen molar-refractivity contribution in [3.63, 3.8) is 0 Å². The van der Waals surface area contributed by atoms with Gasteiger partial charge in [0, 0.05) is 0 Å². The van der Waals surface area contributed by atoms with Gasteiger partial charge in [-0.3, -0.25) is 0 Å². The Labute approximate surface area is 103 Å². The minimum Gasteiger partial charge on any atom is -0.462 e. The molecule has 1 aromatic heterocycles. The number of hydrogen-bond donors (Lipinski definition) is 1. The summed E-state index contributed by atoms with van der Waals surface area (Å²) < 4.78 is 16.5. The number of aryl methyl sites for hydroxylation is 1. The number of nitrogens with one attached hydrogen (secondary N) is 1. The van der Waals surface area contributed by atoms with E-state index in [9.17, 15) is 0 Å². The van der Waals surface area contributed by atoms with Crippen molar-refractivity contribution < 1.29 is 13.9 Å². The van der Waals surface area contributed by atoms with Crippen molar-refractivity contribution in [2.75, 3.05) is 20.3 Å². The smallest absolute Gasteiger partial charge is 0.130 e. The summed E-state index contributed by atoms with van der Waals surface area (Å²) in [6.07, 6.45) is 0.256. The summed E-state index contributed by atoms with van der Waals surface area (Å²) in [7, 11) is 1.90. The molecule has 4 heteroatoms. The molecule has 4 nitrogen and oxygen atoms in total. The van der Waals surface area contributed by atoms with E-state index in [4.69, 9.17) is 13.9 Å². The van der Waals surface area contributed by atoms with Gasteiger partial charge in [-0.15, -0.1) is 0 Å². The summed E-state index contributed by atoms with van der Waals surface area (Å²) in [5, 5.41) is 3.07. The van der Waals surface area contributed by atoms with Gasteiger partial charge in [-0.05, 0) is 39.4 Å². The molecule has 0 radical (unpaired) electrons. The van der Waals surface area contributed by atoms with Crippen LogP contribution in [-0.4, -0.2) is 26.4 Å². The average Bonchev–Trinajstić information content (AvgIpc) is 2.59. The van der Waals surface area contributed by atoms with Gasteiger partial charge < -0.3 is 19.2 Å². The zero-order chi connectivity index (χ0) is 12.7. The molecule has 0 aliphatic heterocycles. The second-order valence-electron chi connectivity index (χ2n) is 4.32. The molecule has 17 heavy (non-hydrogen) atoms. The lowest BCUT2D eigenvalue weighted by Gasteiger charge is -2.07.